The van der Waals surface area contributed by atoms with Crippen LogP contribution in [0.4, 0.5) is 0 Å². The van der Waals surface area contributed by atoms with Crippen molar-refractivity contribution >= 4 is 0 Å². The largest absolute Gasteiger partial charge is 0.381 e. The molecule has 2 heterocycles. The van der Waals surface area contributed by atoms with Gasteiger partial charge in [-0.3, -0.25) is 0 Å². The molecular formula is C15H27NO2. The molecule has 0 aromatic rings. The van der Waals surface area contributed by atoms with Gasteiger partial charge >= 0.3 is 0 Å². The molecule has 3 aliphatic rings. The van der Waals surface area contributed by atoms with Crippen molar-refractivity contribution in [3.8, 4) is 0 Å². The molecule has 0 bridgehead atoms. The van der Waals surface area contributed by atoms with Gasteiger partial charge in [0.1, 0.15) is 0 Å². The van der Waals surface area contributed by atoms with Crippen LogP contribution < -0.4 is 5.32 Å². The molecule has 2 unspecified atom stereocenters. The van der Waals surface area contributed by atoms with Crippen molar-refractivity contribution in [2.45, 2.75) is 63.5 Å². The summed E-state index contributed by atoms with van der Waals surface area (Å²) in [6.45, 7) is 6.17. The maximum absolute atomic E-state index is 5.89. The Bertz CT molecular complexity index is 280. The summed E-state index contributed by atoms with van der Waals surface area (Å²) >= 11 is 0. The van der Waals surface area contributed by atoms with E-state index in [4.69, 9.17) is 9.47 Å². The lowest BCUT2D eigenvalue weighted by molar-refractivity contribution is -0.00986. The summed E-state index contributed by atoms with van der Waals surface area (Å²) in [5, 5.41) is 3.84. The molecule has 0 aromatic carbocycles. The predicted molar refractivity (Wildman–Crippen MR) is 71.7 cm³/mol. The second-order valence-corrected chi connectivity index (χ2v) is 6.70. The standard InChI is InChI=1S/C15H27NO2/c1-14(5-3-9-18-14)12-16-13-4-2-6-15(13)7-10-17-11-8-15/h13,16H,2-12H2,1H3. The molecule has 18 heavy (non-hydrogen) atoms. The summed E-state index contributed by atoms with van der Waals surface area (Å²) < 4.78 is 11.4. The van der Waals surface area contributed by atoms with Crippen LogP contribution in [0.1, 0.15) is 51.9 Å². The SMILES string of the molecule is CC1(CNC2CCCC23CCOCC3)CCCO1. The van der Waals surface area contributed by atoms with Crippen LogP contribution >= 0.6 is 0 Å². The third kappa shape index (κ3) is 2.45. The highest BCUT2D eigenvalue weighted by atomic mass is 16.5. The van der Waals surface area contributed by atoms with Crippen molar-refractivity contribution in [3.63, 3.8) is 0 Å². The van der Waals surface area contributed by atoms with E-state index in [-0.39, 0.29) is 5.60 Å². The van der Waals surface area contributed by atoms with Crippen LogP contribution in [-0.4, -0.2) is 38.0 Å². The highest BCUT2D eigenvalue weighted by molar-refractivity contribution is 4.99. The van der Waals surface area contributed by atoms with Crippen molar-refractivity contribution < 1.29 is 9.47 Å². The molecular weight excluding hydrogens is 226 g/mol. The molecule has 0 amide bonds. The van der Waals surface area contributed by atoms with E-state index in [2.05, 4.69) is 12.2 Å². The maximum Gasteiger partial charge on any atom is 0.0779 e. The van der Waals surface area contributed by atoms with E-state index >= 15 is 0 Å². The lowest BCUT2D eigenvalue weighted by atomic mass is 9.75. The monoisotopic (exact) mass is 253 g/mol. The first-order valence-corrected chi connectivity index (χ1v) is 7.68. The van der Waals surface area contributed by atoms with E-state index < -0.39 is 0 Å². The summed E-state index contributed by atoms with van der Waals surface area (Å²) in [6.07, 6.45) is 9.06. The topological polar surface area (TPSA) is 30.5 Å². The molecule has 104 valence electrons. The van der Waals surface area contributed by atoms with Crippen LogP contribution in [0.2, 0.25) is 0 Å². The van der Waals surface area contributed by atoms with E-state index in [1.54, 1.807) is 0 Å². The van der Waals surface area contributed by atoms with Crippen LogP contribution in [0.3, 0.4) is 0 Å². The molecule has 3 fully saturated rings. The van der Waals surface area contributed by atoms with Crippen LogP contribution in [0, 0.1) is 5.41 Å². The van der Waals surface area contributed by atoms with Crippen molar-refractivity contribution in [1.29, 1.82) is 0 Å². The fourth-order valence-electron chi connectivity index (χ4n) is 4.15. The number of ether oxygens (including phenoxy) is 2. The minimum Gasteiger partial charge on any atom is -0.381 e. The van der Waals surface area contributed by atoms with E-state index in [0.717, 1.165) is 26.4 Å². The number of nitrogens with one attached hydrogen (secondary N) is 1. The molecule has 1 saturated carbocycles. The van der Waals surface area contributed by atoms with E-state index in [1.165, 1.54) is 44.9 Å². The van der Waals surface area contributed by atoms with Gasteiger partial charge in [-0.25, -0.2) is 0 Å². The maximum atomic E-state index is 5.89. The first-order valence-electron chi connectivity index (χ1n) is 7.68. The third-order valence-corrected chi connectivity index (χ3v) is 5.42. The zero-order chi connectivity index (χ0) is 12.5. The molecule has 3 rings (SSSR count). The average molecular weight is 253 g/mol. The quantitative estimate of drug-likeness (QED) is 0.838. The van der Waals surface area contributed by atoms with Gasteiger partial charge in [0, 0.05) is 32.4 Å². The van der Waals surface area contributed by atoms with Crippen LogP contribution in [0.25, 0.3) is 0 Å². The van der Waals surface area contributed by atoms with Crippen LogP contribution in [0.15, 0.2) is 0 Å². The second kappa shape index (κ2) is 5.10. The second-order valence-electron chi connectivity index (χ2n) is 6.70. The molecule has 2 atom stereocenters. The molecule has 2 saturated heterocycles. The highest BCUT2D eigenvalue weighted by Crippen LogP contribution is 2.46. The number of hydrogen-bond donors (Lipinski definition) is 1. The van der Waals surface area contributed by atoms with Gasteiger partial charge in [0.15, 0.2) is 0 Å². The minimum atomic E-state index is 0.0922. The lowest BCUT2D eigenvalue weighted by Crippen LogP contribution is -2.49. The summed E-state index contributed by atoms with van der Waals surface area (Å²) in [7, 11) is 0. The Kier molecular flexibility index (Phi) is 3.65. The zero-order valence-corrected chi connectivity index (χ0v) is 11.7. The fourth-order valence-corrected chi connectivity index (χ4v) is 4.15. The van der Waals surface area contributed by atoms with Gasteiger partial charge < -0.3 is 14.8 Å². The lowest BCUT2D eigenvalue weighted by Gasteiger charge is -2.40. The summed E-state index contributed by atoms with van der Waals surface area (Å²) in [6, 6.07) is 0.697. The van der Waals surface area contributed by atoms with E-state index in [1.807, 2.05) is 0 Å². The average Bonchev–Trinajstić information content (AvgIpc) is 2.96. The molecule has 1 spiro atoms. The molecule has 2 aliphatic heterocycles. The Morgan fingerprint density at radius 1 is 1.06 bits per heavy atom. The molecule has 1 N–H and O–H groups in total. The van der Waals surface area contributed by atoms with Crippen molar-refractivity contribution in [1.82, 2.24) is 5.32 Å². The molecule has 3 heteroatoms. The van der Waals surface area contributed by atoms with E-state index in [9.17, 15) is 0 Å². The number of hydrogen-bond acceptors (Lipinski definition) is 3. The van der Waals surface area contributed by atoms with Gasteiger partial charge in [-0.05, 0) is 50.9 Å². The van der Waals surface area contributed by atoms with Gasteiger partial charge in [0.25, 0.3) is 0 Å². The predicted octanol–water partition coefficient (Wildman–Crippen LogP) is 2.49. The van der Waals surface area contributed by atoms with Crippen LogP contribution in [-0.2, 0) is 9.47 Å². The summed E-state index contributed by atoms with van der Waals surface area (Å²) in [4.78, 5) is 0. The Balaban J connectivity index is 1.57. The Labute approximate surface area is 111 Å². The summed E-state index contributed by atoms with van der Waals surface area (Å²) in [5.74, 6) is 0. The molecule has 3 nitrogen and oxygen atoms in total. The third-order valence-electron chi connectivity index (χ3n) is 5.42. The minimum absolute atomic E-state index is 0.0922. The molecule has 0 aromatic heterocycles. The smallest absolute Gasteiger partial charge is 0.0779 e. The normalized spacial score (nSPS) is 39.5. The first-order chi connectivity index (χ1) is 8.73. The van der Waals surface area contributed by atoms with Crippen molar-refractivity contribution in [2.24, 2.45) is 5.41 Å². The van der Waals surface area contributed by atoms with Gasteiger partial charge in [0.05, 0.1) is 5.60 Å². The van der Waals surface area contributed by atoms with Gasteiger partial charge in [-0.2, -0.15) is 0 Å². The fraction of sp³-hybridized carbons (Fsp3) is 1.00. The number of rotatable bonds is 3. The summed E-state index contributed by atoms with van der Waals surface area (Å²) in [5.41, 5.74) is 0.627. The van der Waals surface area contributed by atoms with Gasteiger partial charge in [-0.1, -0.05) is 6.42 Å². The van der Waals surface area contributed by atoms with Crippen LogP contribution in [0.5, 0.6) is 0 Å². The van der Waals surface area contributed by atoms with E-state index in [0.29, 0.717) is 11.5 Å². The van der Waals surface area contributed by atoms with Gasteiger partial charge in [-0.15, -0.1) is 0 Å². The Hall–Kier alpha value is -0.120. The first kappa shape index (κ1) is 12.9. The highest BCUT2D eigenvalue weighted by Gasteiger charge is 2.44. The molecule has 0 radical (unpaired) electrons. The Morgan fingerprint density at radius 2 is 1.89 bits per heavy atom. The van der Waals surface area contributed by atoms with Crippen molar-refractivity contribution in [3.05, 3.63) is 0 Å². The molecule has 1 aliphatic carbocycles. The zero-order valence-electron chi connectivity index (χ0n) is 11.7. The van der Waals surface area contributed by atoms with Gasteiger partial charge in [0.2, 0.25) is 0 Å². The van der Waals surface area contributed by atoms with Crippen molar-refractivity contribution in [2.75, 3.05) is 26.4 Å². The Morgan fingerprint density at radius 3 is 2.61 bits per heavy atom.